The van der Waals surface area contributed by atoms with E-state index in [-0.39, 0.29) is 6.10 Å². The topological polar surface area (TPSA) is 44.2 Å². The van der Waals surface area contributed by atoms with Crippen LogP contribution in [0.25, 0.3) is 0 Å². The largest absolute Gasteiger partial charge is 0.480 e. The van der Waals surface area contributed by atoms with Crippen LogP contribution in [-0.4, -0.2) is 22.8 Å². The molecule has 1 aromatic heterocycles. The van der Waals surface area contributed by atoms with Gasteiger partial charge in [-0.3, -0.25) is 0 Å². The summed E-state index contributed by atoms with van der Waals surface area (Å²) in [5.41, 5.74) is 0.759. The Bertz CT molecular complexity index is 624. The molecule has 4 nitrogen and oxygen atoms in total. The number of aromatic nitrogens is 2. The molecule has 0 spiro atoms. The lowest BCUT2D eigenvalue weighted by Crippen LogP contribution is -2.18. The highest BCUT2D eigenvalue weighted by Gasteiger charge is 2.24. The van der Waals surface area contributed by atoms with Crippen LogP contribution in [0.3, 0.4) is 0 Å². The van der Waals surface area contributed by atoms with Crippen molar-refractivity contribution < 1.29 is 9.47 Å². The summed E-state index contributed by atoms with van der Waals surface area (Å²) in [5, 5.41) is 0.412. The maximum absolute atomic E-state index is 6.04. The molecule has 0 saturated carbocycles. The highest BCUT2D eigenvalue weighted by atomic mass is 35.5. The maximum atomic E-state index is 6.04. The van der Waals surface area contributed by atoms with Gasteiger partial charge in [-0.05, 0) is 18.2 Å². The molecule has 0 N–H and O–H groups in total. The molecular formula is C14H13ClN2O2S. The lowest BCUT2D eigenvalue weighted by Gasteiger charge is -2.24. The fraction of sp³-hybridized carbons (Fsp3) is 0.286. The first kappa shape index (κ1) is 13.7. The molecule has 0 saturated heterocycles. The van der Waals surface area contributed by atoms with E-state index >= 15 is 0 Å². The van der Waals surface area contributed by atoms with Crippen molar-refractivity contribution in [3.8, 4) is 5.75 Å². The minimum absolute atomic E-state index is 0.191. The van der Waals surface area contributed by atoms with Crippen LogP contribution in [0.1, 0.15) is 17.6 Å². The first-order valence-corrected chi connectivity index (χ1v) is 7.53. The van der Waals surface area contributed by atoms with Gasteiger partial charge in [0.15, 0.2) is 11.9 Å². The SMILES string of the molecule is COCc1cc(Cl)nc(C2CSc3ccccc3O2)n1. The van der Waals surface area contributed by atoms with E-state index in [0.717, 1.165) is 22.1 Å². The van der Waals surface area contributed by atoms with Gasteiger partial charge in [-0.2, -0.15) is 0 Å². The predicted molar refractivity (Wildman–Crippen MR) is 78.3 cm³/mol. The van der Waals surface area contributed by atoms with Gasteiger partial charge in [0.2, 0.25) is 0 Å². The summed E-state index contributed by atoms with van der Waals surface area (Å²) >= 11 is 7.77. The molecule has 104 valence electrons. The lowest BCUT2D eigenvalue weighted by molar-refractivity contribution is 0.178. The molecule has 2 heterocycles. The van der Waals surface area contributed by atoms with Crippen LogP contribution in [0.15, 0.2) is 35.2 Å². The molecule has 0 aliphatic carbocycles. The van der Waals surface area contributed by atoms with E-state index < -0.39 is 0 Å². The van der Waals surface area contributed by atoms with E-state index in [1.807, 2.05) is 24.3 Å². The van der Waals surface area contributed by atoms with E-state index in [0.29, 0.717) is 17.6 Å². The monoisotopic (exact) mass is 308 g/mol. The number of fused-ring (bicyclic) bond motifs is 1. The number of rotatable bonds is 3. The van der Waals surface area contributed by atoms with E-state index in [4.69, 9.17) is 21.1 Å². The average Bonchev–Trinajstić information content (AvgIpc) is 2.46. The van der Waals surface area contributed by atoms with Gasteiger partial charge >= 0.3 is 0 Å². The Morgan fingerprint density at radius 2 is 2.25 bits per heavy atom. The smallest absolute Gasteiger partial charge is 0.172 e. The first-order valence-electron chi connectivity index (χ1n) is 6.17. The van der Waals surface area contributed by atoms with Crippen molar-refractivity contribution in [1.82, 2.24) is 9.97 Å². The highest BCUT2D eigenvalue weighted by Crippen LogP contribution is 2.39. The number of halogens is 1. The van der Waals surface area contributed by atoms with Crippen molar-refractivity contribution in [2.45, 2.75) is 17.6 Å². The number of ether oxygens (including phenoxy) is 2. The van der Waals surface area contributed by atoms with Crippen molar-refractivity contribution in [3.63, 3.8) is 0 Å². The standard InChI is InChI=1S/C14H13ClN2O2S/c1-18-7-9-6-13(15)17-14(16-9)11-8-20-12-5-3-2-4-10(12)19-11/h2-6,11H,7-8H2,1H3. The molecule has 1 aliphatic heterocycles. The zero-order valence-electron chi connectivity index (χ0n) is 10.9. The minimum atomic E-state index is -0.191. The molecule has 6 heteroatoms. The predicted octanol–water partition coefficient (Wildman–Crippen LogP) is 3.50. The second kappa shape index (κ2) is 5.99. The lowest BCUT2D eigenvalue weighted by atomic mass is 10.3. The van der Waals surface area contributed by atoms with E-state index in [2.05, 4.69) is 9.97 Å². The Morgan fingerprint density at radius 3 is 3.10 bits per heavy atom. The molecule has 1 atom stereocenters. The molecule has 3 rings (SSSR count). The number of methoxy groups -OCH3 is 1. The van der Waals surface area contributed by atoms with Crippen LogP contribution in [0, 0.1) is 0 Å². The molecule has 2 aromatic rings. The fourth-order valence-electron chi connectivity index (χ4n) is 2.00. The van der Waals surface area contributed by atoms with Crippen molar-refractivity contribution in [1.29, 1.82) is 0 Å². The van der Waals surface area contributed by atoms with Gasteiger partial charge in [-0.25, -0.2) is 9.97 Å². The fourth-order valence-corrected chi connectivity index (χ4v) is 3.19. The number of benzene rings is 1. The molecule has 0 bridgehead atoms. The van der Waals surface area contributed by atoms with Gasteiger partial charge in [0, 0.05) is 17.8 Å². The zero-order valence-corrected chi connectivity index (χ0v) is 12.4. The number of hydrogen-bond donors (Lipinski definition) is 0. The quantitative estimate of drug-likeness (QED) is 0.812. The average molecular weight is 309 g/mol. The molecule has 0 radical (unpaired) electrons. The Labute approximate surface area is 126 Å². The van der Waals surface area contributed by atoms with Crippen molar-refractivity contribution in [3.05, 3.63) is 47.0 Å². The van der Waals surface area contributed by atoms with Crippen LogP contribution >= 0.6 is 23.4 Å². The minimum Gasteiger partial charge on any atom is -0.480 e. The molecule has 1 unspecified atom stereocenters. The highest BCUT2D eigenvalue weighted by molar-refractivity contribution is 7.99. The first-order chi connectivity index (χ1) is 9.76. The van der Waals surface area contributed by atoms with E-state index in [9.17, 15) is 0 Å². The van der Waals surface area contributed by atoms with Gasteiger partial charge in [-0.1, -0.05) is 23.7 Å². The second-order valence-corrected chi connectivity index (χ2v) is 5.79. The van der Waals surface area contributed by atoms with Crippen molar-refractivity contribution >= 4 is 23.4 Å². The molecule has 1 aromatic carbocycles. The normalized spacial score (nSPS) is 17.4. The number of thioether (sulfide) groups is 1. The van der Waals surface area contributed by atoms with Crippen molar-refractivity contribution in [2.24, 2.45) is 0 Å². The molecule has 1 aliphatic rings. The number of para-hydroxylation sites is 1. The molecule has 0 amide bonds. The third-order valence-corrected chi connectivity index (χ3v) is 4.17. The summed E-state index contributed by atoms with van der Waals surface area (Å²) in [5.74, 6) is 2.24. The van der Waals surface area contributed by atoms with Gasteiger partial charge in [0.05, 0.1) is 12.3 Å². The van der Waals surface area contributed by atoms with Crippen LogP contribution in [-0.2, 0) is 11.3 Å². The molecular weight excluding hydrogens is 296 g/mol. The second-order valence-electron chi connectivity index (χ2n) is 4.34. The zero-order chi connectivity index (χ0) is 13.9. The van der Waals surface area contributed by atoms with Crippen LogP contribution < -0.4 is 4.74 Å². The summed E-state index contributed by atoms with van der Waals surface area (Å²) in [4.78, 5) is 9.88. The summed E-state index contributed by atoms with van der Waals surface area (Å²) in [6, 6.07) is 9.66. The molecule has 20 heavy (non-hydrogen) atoms. The van der Waals surface area contributed by atoms with Crippen LogP contribution in [0.5, 0.6) is 5.75 Å². The summed E-state index contributed by atoms with van der Waals surface area (Å²) in [6.07, 6.45) is -0.191. The summed E-state index contributed by atoms with van der Waals surface area (Å²) < 4.78 is 11.0. The van der Waals surface area contributed by atoms with Crippen LogP contribution in [0.4, 0.5) is 0 Å². The number of nitrogens with zero attached hydrogens (tertiary/aromatic N) is 2. The van der Waals surface area contributed by atoms with Gasteiger partial charge in [0.1, 0.15) is 10.9 Å². The Hall–Kier alpha value is -1.30. The molecule has 0 fully saturated rings. The van der Waals surface area contributed by atoms with E-state index in [1.54, 1.807) is 24.9 Å². The van der Waals surface area contributed by atoms with Gasteiger partial charge < -0.3 is 9.47 Å². The van der Waals surface area contributed by atoms with Gasteiger partial charge in [-0.15, -0.1) is 11.8 Å². The van der Waals surface area contributed by atoms with Crippen LogP contribution in [0.2, 0.25) is 5.15 Å². The number of hydrogen-bond acceptors (Lipinski definition) is 5. The Balaban J connectivity index is 1.87. The van der Waals surface area contributed by atoms with E-state index in [1.165, 1.54) is 0 Å². The summed E-state index contributed by atoms with van der Waals surface area (Å²) in [7, 11) is 1.62. The Kier molecular flexibility index (Phi) is 4.10. The third kappa shape index (κ3) is 2.90. The Morgan fingerprint density at radius 1 is 1.40 bits per heavy atom. The van der Waals surface area contributed by atoms with Crippen molar-refractivity contribution in [2.75, 3.05) is 12.9 Å². The van der Waals surface area contributed by atoms with Gasteiger partial charge in [0.25, 0.3) is 0 Å². The third-order valence-electron chi connectivity index (χ3n) is 2.85. The summed E-state index contributed by atoms with van der Waals surface area (Å²) in [6.45, 7) is 0.408. The maximum Gasteiger partial charge on any atom is 0.172 e.